The highest BCUT2D eigenvalue weighted by molar-refractivity contribution is 5.91. The van der Waals surface area contributed by atoms with Gasteiger partial charge in [0.1, 0.15) is 16.7 Å². The highest BCUT2D eigenvalue weighted by atomic mass is 16.5. The second-order valence-electron chi connectivity index (χ2n) is 6.66. The first-order valence-corrected chi connectivity index (χ1v) is 9.80. The molecule has 0 unspecified atom stereocenters. The lowest BCUT2D eigenvalue weighted by Gasteiger charge is -2.12. The van der Waals surface area contributed by atoms with Crippen molar-refractivity contribution in [3.63, 3.8) is 0 Å². The Labute approximate surface area is 163 Å². The van der Waals surface area contributed by atoms with Gasteiger partial charge in [-0.05, 0) is 25.0 Å². The van der Waals surface area contributed by atoms with Crippen LogP contribution in [-0.2, 0) is 4.79 Å². The number of hydrogen-bond donors (Lipinski definition) is 2. The summed E-state index contributed by atoms with van der Waals surface area (Å²) < 4.78 is 16.3. The molecule has 0 saturated heterocycles. The van der Waals surface area contributed by atoms with Gasteiger partial charge in [0.05, 0.1) is 13.2 Å². The van der Waals surface area contributed by atoms with Gasteiger partial charge < -0.3 is 24.1 Å². The van der Waals surface area contributed by atoms with E-state index in [0.29, 0.717) is 18.8 Å². The Bertz CT molecular complexity index is 825. The molecule has 2 rings (SSSR count). The van der Waals surface area contributed by atoms with Crippen LogP contribution in [0.15, 0.2) is 27.4 Å². The van der Waals surface area contributed by atoms with E-state index in [1.54, 1.807) is 18.2 Å². The maximum atomic E-state index is 12.1. The average Bonchev–Trinajstić information content (AvgIpc) is 2.66. The zero-order chi connectivity index (χ0) is 20.4. The predicted molar refractivity (Wildman–Crippen MR) is 105 cm³/mol. The minimum Gasteiger partial charge on any atom is -0.503 e. The Morgan fingerprint density at radius 1 is 1.04 bits per heavy atom. The number of aliphatic carboxylic acids is 1. The molecule has 154 valence electrons. The highest BCUT2D eigenvalue weighted by Crippen LogP contribution is 2.37. The average molecular weight is 392 g/mol. The van der Waals surface area contributed by atoms with Gasteiger partial charge in [0.25, 0.3) is 0 Å². The molecular weight excluding hydrogens is 364 g/mol. The van der Waals surface area contributed by atoms with E-state index in [9.17, 15) is 14.7 Å². The largest absolute Gasteiger partial charge is 0.503 e. The number of fused-ring (bicyclic) bond motifs is 1. The molecule has 0 radical (unpaired) electrons. The second kappa shape index (κ2) is 11.2. The van der Waals surface area contributed by atoms with Gasteiger partial charge in [0, 0.05) is 6.42 Å². The third kappa shape index (κ3) is 6.18. The molecular formula is C21H28O7. The molecule has 1 heterocycles. The zero-order valence-electron chi connectivity index (χ0n) is 16.2. The summed E-state index contributed by atoms with van der Waals surface area (Å²) in [4.78, 5) is 22.7. The van der Waals surface area contributed by atoms with Crippen molar-refractivity contribution in [2.45, 2.75) is 58.3 Å². The Hall–Kier alpha value is -2.70. The van der Waals surface area contributed by atoms with E-state index in [0.717, 1.165) is 19.3 Å². The summed E-state index contributed by atoms with van der Waals surface area (Å²) in [6.07, 6.45) is 6.79. The first-order chi connectivity index (χ1) is 13.5. The molecule has 7 nitrogen and oxygen atoms in total. The first kappa shape index (κ1) is 21.6. The summed E-state index contributed by atoms with van der Waals surface area (Å²) in [7, 11) is 0. The number of benzene rings is 1. The van der Waals surface area contributed by atoms with Gasteiger partial charge in [-0.1, -0.05) is 45.1 Å². The molecule has 0 amide bonds. The van der Waals surface area contributed by atoms with E-state index < -0.39 is 11.6 Å². The third-order valence-electron chi connectivity index (χ3n) is 4.36. The number of carboxylic acids is 1. The Morgan fingerprint density at radius 2 is 1.75 bits per heavy atom. The van der Waals surface area contributed by atoms with E-state index in [1.807, 2.05) is 0 Å². The molecule has 28 heavy (non-hydrogen) atoms. The minimum absolute atomic E-state index is 0.0154. The van der Waals surface area contributed by atoms with Gasteiger partial charge in [-0.2, -0.15) is 0 Å². The summed E-state index contributed by atoms with van der Waals surface area (Å²) in [5.74, 6) is -1.12. The maximum Gasteiger partial charge on any atom is 0.383 e. The van der Waals surface area contributed by atoms with Gasteiger partial charge >= 0.3 is 11.6 Å². The van der Waals surface area contributed by atoms with Crippen LogP contribution in [0.3, 0.4) is 0 Å². The number of unbranched alkanes of at least 4 members (excludes halogenated alkanes) is 5. The molecule has 1 aromatic heterocycles. The molecule has 0 fully saturated rings. The number of carboxylic acid groups (broad SMARTS) is 1. The van der Waals surface area contributed by atoms with Crippen molar-refractivity contribution >= 4 is 16.9 Å². The van der Waals surface area contributed by atoms with Crippen LogP contribution >= 0.6 is 0 Å². The molecule has 7 heteroatoms. The van der Waals surface area contributed by atoms with Gasteiger partial charge in [0.2, 0.25) is 5.75 Å². The molecule has 2 N–H and O–H groups in total. The second-order valence-corrected chi connectivity index (χ2v) is 6.66. The van der Waals surface area contributed by atoms with Crippen LogP contribution in [0.2, 0.25) is 0 Å². The summed E-state index contributed by atoms with van der Waals surface area (Å²) >= 11 is 0. The fraction of sp³-hybridized carbons (Fsp3) is 0.524. The fourth-order valence-corrected chi connectivity index (χ4v) is 2.90. The van der Waals surface area contributed by atoms with Crippen LogP contribution in [-0.4, -0.2) is 29.4 Å². The van der Waals surface area contributed by atoms with Crippen molar-refractivity contribution in [3.8, 4) is 17.2 Å². The van der Waals surface area contributed by atoms with E-state index in [-0.39, 0.29) is 35.5 Å². The first-order valence-electron chi connectivity index (χ1n) is 9.80. The lowest BCUT2D eigenvalue weighted by atomic mass is 10.1. The minimum atomic E-state index is -0.902. The number of rotatable bonds is 13. The third-order valence-corrected chi connectivity index (χ3v) is 4.36. The van der Waals surface area contributed by atoms with Crippen molar-refractivity contribution in [1.82, 2.24) is 0 Å². The molecule has 0 atom stereocenters. The van der Waals surface area contributed by atoms with E-state index in [2.05, 4.69) is 6.92 Å². The monoisotopic (exact) mass is 392 g/mol. The Morgan fingerprint density at radius 3 is 2.50 bits per heavy atom. The van der Waals surface area contributed by atoms with Crippen LogP contribution in [0, 0.1) is 0 Å². The highest BCUT2D eigenvalue weighted by Gasteiger charge is 2.19. The van der Waals surface area contributed by atoms with Crippen LogP contribution in [0.1, 0.15) is 58.3 Å². The number of ether oxygens (including phenoxy) is 2. The SMILES string of the molecule is CCCCCCCCOc1c(O)c2c(OCCCC(=O)O)cccc2oc1=O. The summed E-state index contributed by atoms with van der Waals surface area (Å²) in [5.41, 5.74) is -0.552. The molecule has 0 saturated carbocycles. The quantitative estimate of drug-likeness (QED) is 0.382. The van der Waals surface area contributed by atoms with E-state index >= 15 is 0 Å². The number of carbonyl (C=O) groups is 1. The van der Waals surface area contributed by atoms with Crippen LogP contribution in [0.4, 0.5) is 0 Å². The molecule has 0 aliphatic heterocycles. The number of aromatic hydroxyl groups is 1. The normalized spacial score (nSPS) is 10.9. The molecule has 1 aromatic carbocycles. The molecule has 2 aromatic rings. The van der Waals surface area contributed by atoms with Gasteiger partial charge in [-0.15, -0.1) is 0 Å². The fourth-order valence-electron chi connectivity index (χ4n) is 2.90. The molecule has 0 aliphatic rings. The summed E-state index contributed by atoms with van der Waals surface area (Å²) in [5, 5.41) is 19.5. The Kier molecular flexibility index (Phi) is 8.65. The lowest BCUT2D eigenvalue weighted by molar-refractivity contribution is -0.137. The van der Waals surface area contributed by atoms with Crippen molar-refractivity contribution in [2.75, 3.05) is 13.2 Å². The van der Waals surface area contributed by atoms with Crippen LogP contribution in [0.25, 0.3) is 11.0 Å². The summed E-state index contributed by atoms with van der Waals surface area (Å²) in [6, 6.07) is 4.81. The van der Waals surface area contributed by atoms with Crippen LogP contribution in [0.5, 0.6) is 17.2 Å². The standard InChI is InChI=1S/C21H28O7/c1-2-3-4-5-6-7-13-27-20-19(24)18-15(26-14-9-12-17(22)23)10-8-11-16(18)28-21(20)25/h8,10-11,24H,2-7,9,12-14H2,1H3,(H,22,23). The van der Waals surface area contributed by atoms with Crippen molar-refractivity contribution < 1.29 is 28.9 Å². The predicted octanol–water partition coefficient (Wildman–Crippen LogP) is 4.48. The van der Waals surface area contributed by atoms with E-state index in [1.165, 1.54) is 19.3 Å². The topological polar surface area (TPSA) is 106 Å². The lowest BCUT2D eigenvalue weighted by Crippen LogP contribution is -2.09. The molecule has 0 aliphatic carbocycles. The smallest absolute Gasteiger partial charge is 0.383 e. The van der Waals surface area contributed by atoms with Gasteiger partial charge in [-0.3, -0.25) is 4.79 Å². The number of hydrogen-bond acceptors (Lipinski definition) is 6. The molecule has 0 bridgehead atoms. The maximum absolute atomic E-state index is 12.1. The van der Waals surface area contributed by atoms with E-state index in [4.69, 9.17) is 19.0 Å². The molecule has 0 spiro atoms. The van der Waals surface area contributed by atoms with Gasteiger partial charge in [-0.25, -0.2) is 4.79 Å². The van der Waals surface area contributed by atoms with Crippen molar-refractivity contribution in [1.29, 1.82) is 0 Å². The Balaban J connectivity index is 2.06. The van der Waals surface area contributed by atoms with Gasteiger partial charge in [0.15, 0.2) is 5.75 Å². The van der Waals surface area contributed by atoms with Crippen LogP contribution < -0.4 is 15.1 Å². The summed E-state index contributed by atoms with van der Waals surface area (Å²) in [6.45, 7) is 2.64. The van der Waals surface area contributed by atoms with Crippen molar-refractivity contribution in [2.24, 2.45) is 0 Å². The zero-order valence-corrected chi connectivity index (χ0v) is 16.2. The van der Waals surface area contributed by atoms with Crippen molar-refractivity contribution in [3.05, 3.63) is 28.6 Å².